The van der Waals surface area contributed by atoms with Gasteiger partial charge in [0, 0.05) is 23.1 Å². The molecule has 26 heavy (non-hydrogen) atoms. The molecular formula is C18H15N5O2S. The van der Waals surface area contributed by atoms with Crippen molar-refractivity contribution in [3.8, 4) is 17.5 Å². The van der Waals surface area contributed by atoms with Crippen LogP contribution in [0.2, 0.25) is 0 Å². The lowest BCUT2D eigenvalue weighted by atomic mass is 10.1. The molecule has 0 fully saturated rings. The van der Waals surface area contributed by atoms with Crippen LogP contribution >= 0.6 is 11.8 Å². The summed E-state index contributed by atoms with van der Waals surface area (Å²) >= 11 is 1.32. The summed E-state index contributed by atoms with van der Waals surface area (Å²) in [5.74, 6) is 0.765. The molecular weight excluding hydrogens is 350 g/mol. The smallest absolute Gasteiger partial charge is 0.287 e. The Labute approximate surface area is 154 Å². The average molecular weight is 365 g/mol. The van der Waals surface area contributed by atoms with Gasteiger partial charge in [-0.2, -0.15) is 5.26 Å². The molecule has 1 heterocycles. The Morgan fingerprint density at radius 2 is 2.08 bits per heavy atom. The highest BCUT2D eigenvalue weighted by Gasteiger charge is 2.17. The first-order chi connectivity index (χ1) is 12.5. The number of aryl methyl sites for hydroxylation is 1. The fourth-order valence-corrected chi connectivity index (χ4v) is 3.51. The molecule has 1 aromatic heterocycles. The first kappa shape index (κ1) is 17.6. The molecule has 0 radical (unpaired) electrons. The van der Waals surface area contributed by atoms with Crippen molar-refractivity contribution in [2.75, 3.05) is 0 Å². The summed E-state index contributed by atoms with van der Waals surface area (Å²) in [5.41, 5.74) is 1.94. The molecule has 3 rings (SSSR count). The van der Waals surface area contributed by atoms with Gasteiger partial charge >= 0.3 is 0 Å². The van der Waals surface area contributed by atoms with Crippen molar-refractivity contribution >= 4 is 17.4 Å². The third-order valence-corrected chi connectivity index (χ3v) is 4.78. The fraction of sp³-hybridized carbons (Fsp3) is 0.167. The van der Waals surface area contributed by atoms with Crippen LogP contribution in [0.4, 0.5) is 5.69 Å². The van der Waals surface area contributed by atoms with E-state index in [0.29, 0.717) is 16.6 Å². The first-order valence-electron chi connectivity index (χ1n) is 7.90. The summed E-state index contributed by atoms with van der Waals surface area (Å²) in [6.45, 7) is 4.70. The number of benzene rings is 2. The molecule has 0 saturated carbocycles. The minimum Gasteiger partial charge on any atom is -0.302 e. The van der Waals surface area contributed by atoms with E-state index in [-0.39, 0.29) is 11.3 Å². The van der Waals surface area contributed by atoms with Gasteiger partial charge in [-0.3, -0.25) is 10.1 Å². The molecule has 0 bridgehead atoms. The number of hydrogen-bond acceptors (Lipinski definition) is 6. The van der Waals surface area contributed by atoms with Crippen molar-refractivity contribution in [2.45, 2.75) is 30.4 Å². The van der Waals surface area contributed by atoms with Gasteiger partial charge in [0.15, 0.2) is 11.0 Å². The fourth-order valence-electron chi connectivity index (χ4n) is 2.58. The zero-order valence-electron chi connectivity index (χ0n) is 14.2. The van der Waals surface area contributed by atoms with E-state index >= 15 is 0 Å². The van der Waals surface area contributed by atoms with Gasteiger partial charge in [0.05, 0.1) is 4.92 Å². The number of nitro benzene ring substituents is 1. The predicted octanol–water partition coefficient (Wildman–Crippen LogP) is 4.20. The average Bonchev–Trinajstić information content (AvgIpc) is 3.03. The van der Waals surface area contributed by atoms with Crippen molar-refractivity contribution in [1.82, 2.24) is 14.8 Å². The van der Waals surface area contributed by atoms with Gasteiger partial charge in [-0.05, 0) is 43.8 Å². The Morgan fingerprint density at radius 1 is 1.27 bits per heavy atom. The third-order valence-electron chi connectivity index (χ3n) is 3.80. The summed E-state index contributed by atoms with van der Waals surface area (Å²) < 4.78 is 1.98. The monoisotopic (exact) mass is 365 g/mol. The Balaban J connectivity index is 1.97. The van der Waals surface area contributed by atoms with Crippen LogP contribution in [0, 0.1) is 28.4 Å². The third kappa shape index (κ3) is 3.43. The first-order valence-corrected chi connectivity index (χ1v) is 8.71. The number of hydrogen-bond donors (Lipinski definition) is 0. The number of aromatic nitrogens is 3. The normalized spacial score (nSPS) is 10.5. The molecule has 0 unspecified atom stereocenters. The van der Waals surface area contributed by atoms with Crippen molar-refractivity contribution in [3.05, 3.63) is 63.7 Å². The molecule has 2 aromatic carbocycles. The molecule has 3 aromatic rings. The summed E-state index contributed by atoms with van der Waals surface area (Å²) in [6.07, 6.45) is 0. The molecule has 0 aliphatic carbocycles. The van der Waals surface area contributed by atoms with Gasteiger partial charge < -0.3 is 4.57 Å². The Hall–Kier alpha value is -3.18. The molecule has 8 heteroatoms. The molecule has 0 aliphatic rings. The molecule has 0 amide bonds. The number of nitro groups is 1. The van der Waals surface area contributed by atoms with Crippen LogP contribution in [-0.2, 0) is 6.54 Å². The van der Waals surface area contributed by atoms with E-state index in [1.54, 1.807) is 6.07 Å². The Kier molecular flexibility index (Phi) is 5.00. The topological polar surface area (TPSA) is 97.6 Å². The van der Waals surface area contributed by atoms with E-state index in [0.717, 1.165) is 17.0 Å². The quantitative estimate of drug-likeness (QED) is 0.496. The second-order valence-electron chi connectivity index (χ2n) is 5.57. The largest absolute Gasteiger partial charge is 0.302 e. The maximum Gasteiger partial charge on any atom is 0.287 e. The van der Waals surface area contributed by atoms with Crippen molar-refractivity contribution < 1.29 is 4.92 Å². The van der Waals surface area contributed by atoms with Gasteiger partial charge in [0.1, 0.15) is 11.6 Å². The predicted molar refractivity (Wildman–Crippen MR) is 97.8 cm³/mol. The lowest BCUT2D eigenvalue weighted by molar-refractivity contribution is -0.385. The number of nitrogens with zero attached hydrogens (tertiary/aromatic N) is 5. The maximum atomic E-state index is 11.0. The van der Waals surface area contributed by atoms with Crippen LogP contribution in [0.1, 0.15) is 18.1 Å². The van der Waals surface area contributed by atoms with E-state index in [1.807, 2.05) is 48.7 Å². The van der Waals surface area contributed by atoms with Gasteiger partial charge in [-0.15, -0.1) is 10.2 Å². The Bertz CT molecular complexity index is 1020. The van der Waals surface area contributed by atoms with Crippen LogP contribution in [0.15, 0.2) is 52.5 Å². The molecule has 0 saturated heterocycles. The van der Waals surface area contributed by atoms with Gasteiger partial charge in [0.2, 0.25) is 0 Å². The maximum absolute atomic E-state index is 11.0. The van der Waals surface area contributed by atoms with E-state index in [4.69, 9.17) is 5.26 Å². The number of rotatable bonds is 5. The highest BCUT2D eigenvalue weighted by molar-refractivity contribution is 7.99. The number of nitriles is 1. The highest BCUT2D eigenvalue weighted by Crippen LogP contribution is 2.32. The molecule has 0 aliphatic heterocycles. The summed E-state index contributed by atoms with van der Waals surface area (Å²) in [7, 11) is 0. The van der Waals surface area contributed by atoms with E-state index < -0.39 is 4.92 Å². The van der Waals surface area contributed by atoms with Crippen LogP contribution in [-0.4, -0.2) is 19.7 Å². The van der Waals surface area contributed by atoms with E-state index in [2.05, 4.69) is 10.2 Å². The van der Waals surface area contributed by atoms with Crippen LogP contribution in [0.25, 0.3) is 11.4 Å². The van der Waals surface area contributed by atoms with E-state index in [1.165, 1.54) is 23.9 Å². The van der Waals surface area contributed by atoms with E-state index in [9.17, 15) is 10.1 Å². The van der Waals surface area contributed by atoms with Gasteiger partial charge in [-0.1, -0.05) is 23.8 Å². The second-order valence-corrected chi connectivity index (χ2v) is 6.61. The highest BCUT2D eigenvalue weighted by atomic mass is 32.2. The molecule has 7 nitrogen and oxygen atoms in total. The van der Waals surface area contributed by atoms with Crippen molar-refractivity contribution in [1.29, 1.82) is 5.26 Å². The van der Waals surface area contributed by atoms with Gasteiger partial charge in [-0.25, -0.2) is 0 Å². The molecule has 0 N–H and O–H groups in total. The minimum absolute atomic E-state index is 0.0291. The lowest BCUT2D eigenvalue weighted by Crippen LogP contribution is -2.00. The molecule has 130 valence electrons. The van der Waals surface area contributed by atoms with Crippen molar-refractivity contribution in [2.24, 2.45) is 0 Å². The minimum atomic E-state index is -0.558. The lowest BCUT2D eigenvalue weighted by Gasteiger charge is -2.08. The standard InChI is InChI=1S/C18H15N5O2S/c1-3-22-17(13-6-4-5-12(2)9-13)20-21-18(22)26-15-7-8-16(23(24)25)14(10-15)11-19/h4-10H,3H2,1-2H3. The van der Waals surface area contributed by atoms with Crippen LogP contribution < -0.4 is 0 Å². The zero-order valence-corrected chi connectivity index (χ0v) is 15.0. The summed E-state index contributed by atoms with van der Waals surface area (Å²) in [6, 6.07) is 14.4. The SMILES string of the molecule is CCn1c(Sc2ccc([N+](=O)[O-])c(C#N)c2)nnc1-c1cccc(C)c1. The zero-order chi connectivity index (χ0) is 18.7. The molecule has 0 spiro atoms. The van der Waals surface area contributed by atoms with Crippen molar-refractivity contribution in [3.63, 3.8) is 0 Å². The second kappa shape index (κ2) is 7.37. The van der Waals surface area contributed by atoms with Crippen LogP contribution in [0.5, 0.6) is 0 Å². The van der Waals surface area contributed by atoms with Gasteiger partial charge in [0.25, 0.3) is 5.69 Å². The Morgan fingerprint density at radius 3 is 2.73 bits per heavy atom. The summed E-state index contributed by atoms with van der Waals surface area (Å²) in [5, 5.41) is 29.3. The summed E-state index contributed by atoms with van der Waals surface area (Å²) in [4.78, 5) is 11.1. The molecule has 0 atom stereocenters. The van der Waals surface area contributed by atoms with Crippen LogP contribution in [0.3, 0.4) is 0 Å².